The second kappa shape index (κ2) is 5.36. The van der Waals surface area contributed by atoms with Gasteiger partial charge < -0.3 is 9.88 Å². The van der Waals surface area contributed by atoms with E-state index in [1.165, 1.54) is 24.1 Å². The van der Waals surface area contributed by atoms with Gasteiger partial charge in [0.25, 0.3) is 0 Å². The molecule has 3 heteroatoms. The molecule has 1 unspecified atom stereocenters. The standard InChI is InChI=1S/C15H19N3/c1-2-5-13(6-3-1)8-10-18-12-16-11-15(18)14-7-4-9-17-14/h1-3,5-6,11-12,14,17H,4,7-10H2. The lowest BCUT2D eigenvalue weighted by Gasteiger charge is -2.13. The molecule has 1 atom stereocenters. The number of nitrogens with zero attached hydrogens (tertiary/aromatic N) is 2. The summed E-state index contributed by atoms with van der Waals surface area (Å²) in [6.07, 6.45) is 7.54. The Morgan fingerprint density at radius 1 is 1.28 bits per heavy atom. The van der Waals surface area contributed by atoms with Crippen molar-refractivity contribution in [2.24, 2.45) is 0 Å². The summed E-state index contributed by atoms with van der Waals surface area (Å²) in [5.74, 6) is 0. The molecule has 1 aliphatic rings. The molecule has 3 nitrogen and oxygen atoms in total. The van der Waals surface area contributed by atoms with E-state index < -0.39 is 0 Å². The Morgan fingerprint density at radius 2 is 2.17 bits per heavy atom. The summed E-state index contributed by atoms with van der Waals surface area (Å²) < 4.78 is 2.29. The first kappa shape index (κ1) is 11.5. The minimum atomic E-state index is 0.503. The fourth-order valence-electron chi connectivity index (χ4n) is 2.64. The predicted octanol–water partition coefficient (Wildman–Crippen LogP) is 2.55. The van der Waals surface area contributed by atoms with Crippen molar-refractivity contribution in [2.75, 3.05) is 6.54 Å². The Labute approximate surface area is 108 Å². The highest BCUT2D eigenvalue weighted by molar-refractivity contribution is 5.15. The average molecular weight is 241 g/mol. The first-order chi connectivity index (χ1) is 8.93. The number of hydrogen-bond acceptors (Lipinski definition) is 2. The molecular weight excluding hydrogens is 222 g/mol. The Kier molecular flexibility index (Phi) is 3.42. The quantitative estimate of drug-likeness (QED) is 0.891. The largest absolute Gasteiger partial charge is 0.333 e. The molecular formula is C15H19N3. The van der Waals surface area contributed by atoms with Crippen LogP contribution in [-0.4, -0.2) is 16.1 Å². The van der Waals surface area contributed by atoms with E-state index in [9.17, 15) is 0 Å². The molecule has 3 rings (SSSR count). The van der Waals surface area contributed by atoms with Crippen LogP contribution < -0.4 is 5.32 Å². The van der Waals surface area contributed by atoms with Crippen molar-refractivity contribution in [3.8, 4) is 0 Å². The average Bonchev–Trinajstić information content (AvgIpc) is 3.08. The van der Waals surface area contributed by atoms with Crippen LogP contribution in [0, 0.1) is 0 Å². The summed E-state index contributed by atoms with van der Waals surface area (Å²) >= 11 is 0. The molecule has 0 amide bonds. The van der Waals surface area contributed by atoms with Crippen LogP contribution in [0.5, 0.6) is 0 Å². The van der Waals surface area contributed by atoms with E-state index >= 15 is 0 Å². The maximum absolute atomic E-state index is 4.30. The Hall–Kier alpha value is -1.61. The van der Waals surface area contributed by atoms with Gasteiger partial charge in [-0.2, -0.15) is 0 Å². The summed E-state index contributed by atoms with van der Waals surface area (Å²) in [5.41, 5.74) is 2.72. The molecule has 1 aromatic heterocycles. The van der Waals surface area contributed by atoms with Crippen LogP contribution in [0.3, 0.4) is 0 Å². The Morgan fingerprint density at radius 3 is 2.94 bits per heavy atom. The molecule has 0 bridgehead atoms. The van der Waals surface area contributed by atoms with Crippen molar-refractivity contribution in [1.82, 2.24) is 14.9 Å². The van der Waals surface area contributed by atoms with Gasteiger partial charge in [-0.25, -0.2) is 4.98 Å². The van der Waals surface area contributed by atoms with Gasteiger partial charge in [-0.05, 0) is 31.4 Å². The zero-order valence-corrected chi connectivity index (χ0v) is 10.5. The third-order valence-corrected chi connectivity index (χ3v) is 3.65. The maximum Gasteiger partial charge on any atom is 0.0948 e. The van der Waals surface area contributed by atoms with Crippen LogP contribution in [0.2, 0.25) is 0 Å². The number of aromatic nitrogens is 2. The molecule has 1 saturated heterocycles. The third kappa shape index (κ3) is 2.46. The van der Waals surface area contributed by atoms with E-state index in [1.54, 1.807) is 0 Å². The summed E-state index contributed by atoms with van der Waals surface area (Å²) in [4.78, 5) is 4.30. The van der Waals surface area contributed by atoms with E-state index in [4.69, 9.17) is 0 Å². The first-order valence-electron chi connectivity index (χ1n) is 6.71. The van der Waals surface area contributed by atoms with Gasteiger partial charge >= 0.3 is 0 Å². The van der Waals surface area contributed by atoms with Gasteiger partial charge in [0, 0.05) is 18.8 Å². The van der Waals surface area contributed by atoms with Gasteiger partial charge in [0.15, 0.2) is 0 Å². The monoisotopic (exact) mass is 241 g/mol. The van der Waals surface area contributed by atoms with E-state index in [0.717, 1.165) is 19.5 Å². The maximum atomic E-state index is 4.30. The molecule has 2 aromatic rings. The highest BCUT2D eigenvalue weighted by Crippen LogP contribution is 2.22. The molecule has 0 spiro atoms. The molecule has 1 fully saturated rings. The number of aryl methyl sites for hydroxylation is 2. The lowest BCUT2D eigenvalue weighted by Crippen LogP contribution is -2.17. The fraction of sp³-hybridized carbons (Fsp3) is 0.400. The molecule has 1 N–H and O–H groups in total. The second-order valence-corrected chi connectivity index (χ2v) is 4.90. The van der Waals surface area contributed by atoms with Gasteiger partial charge in [-0.1, -0.05) is 30.3 Å². The summed E-state index contributed by atoms with van der Waals surface area (Å²) in [6.45, 7) is 2.14. The van der Waals surface area contributed by atoms with Crippen LogP contribution in [-0.2, 0) is 13.0 Å². The van der Waals surface area contributed by atoms with Crippen molar-refractivity contribution in [2.45, 2.75) is 31.8 Å². The first-order valence-corrected chi connectivity index (χ1v) is 6.71. The van der Waals surface area contributed by atoms with E-state index in [1.807, 2.05) is 12.5 Å². The Balaban J connectivity index is 1.68. The van der Waals surface area contributed by atoms with Gasteiger partial charge in [0.05, 0.1) is 12.0 Å². The highest BCUT2D eigenvalue weighted by Gasteiger charge is 2.19. The highest BCUT2D eigenvalue weighted by atomic mass is 15.1. The summed E-state index contributed by atoms with van der Waals surface area (Å²) in [7, 11) is 0. The van der Waals surface area contributed by atoms with Gasteiger partial charge in [0.1, 0.15) is 0 Å². The predicted molar refractivity (Wildman–Crippen MR) is 72.4 cm³/mol. The van der Waals surface area contributed by atoms with Crippen molar-refractivity contribution >= 4 is 0 Å². The SMILES string of the molecule is c1ccc(CCn2cncc2C2CCCN2)cc1. The van der Waals surface area contributed by atoms with Crippen LogP contribution in [0.15, 0.2) is 42.9 Å². The lowest BCUT2D eigenvalue weighted by atomic mass is 10.1. The number of rotatable bonds is 4. The van der Waals surface area contributed by atoms with Crippen LogP contribution in [0.25, 0.3) is 0 Å². The van der Waals surface area contributed by atoms with Crippen molar-refractivity contribution in [3.05, 3.63) is 54.1 Å². The van der Waals surface area contributed by atoms with E-state index in [2.05, 4.69) is 45.2 Å². The van der Waals surface area contributed by atoms with Crippen LogP contribution in [0.4, 0.5) is 0 Å². The normalized spacial score (nSPS) is 19.2. The second-order valence-electron chi connectivity index (χ2n) is 4.90. The van der Waals surface area contributed by atoms with Crippen molar-refractivity contribution in [3.63, 3.8) is 0 Å². The molecule has 94 valence electrons. The van der Waals surface area contributed by atoms with Gasteiger partial charge in [-0.3, -0.25) is 0 Å². The molecule has 0 radical (unpaired) electrons. The van der Waals surface area contributed by atoms with E-state index in [-0.39, 0.29) is 0 Å². The third-order valence-electron chi connectivity index (χ3n) is 3.65. The van der Waals surface area contributed by atoms with Gasteiger partial charge in [-0.15, -0.1) is 0 Å². The number of hydrogen-bond donors (Lipinski definition) is 1. The number of imidazole rings is 1. The lowest BCUT2D eigenvalue weighted by molar-refractivity contribution is 0.563. The van der Waals surface area contributed by atoms with Crippen LogP contribution >= 0.6 is 0 Å². The van der Waals surface area contributed by atoms with Crippen molar-refractivity contribution < 1.29 is 0 Å². The zero-order valence-electron chi connectivity index (χ0n) is 10.5. The van der Waals surface area contributed by atoms with Crippen molar-refractivity contribution in [1.29, 1.82) is 0 Å². The minimum absolute atomic E-state index is 0.503. The topological polar surface area (TPSA) is 29.9 Å². The van der Waals surface area contributed by atoms with E-state index in [0.29, 0.717) is 6.04 Å². The minimum Gasteiger partial charge on any atom is -0.333 e. The number of nitrogens with one attached hydrogen (secondary N) is 1. The molecule has 0 aliphatic carbocycles. The fourth-order valence-corrected chi connectivity index (χ4v) is 2.64. The molecule has 18 heavy (non-hydrogen) atoms. The Bertz CT molecular complexity index is 483. The van der Waals surface area contributed by atoms with Crippen LogP contribution in [0.1, 0.15) is 30.1 Å². The molecule has 1 aliphatic heterocycles. The summed E-state index contributed by atoms with van der Waals surface area (Å²) in [6, 6.07) is 11.1. The molecule has 2 heterocycles. The zero-order chi connectivity index (χ0) is 12.2. The smallest absolute Gasteiger partial charge is 0.0948 e. The molecule has 1 aromatic carbocycles. The number of benzene rings is 1. The van der Waals surface area contributed by atoms with Gasteiger partial charge in [0.2, 0.25) is 0 Å². The molecule has 0 saturated carbocycles. The summed E-state index contributed by atoms with van der Waals surface area (Å²) in [5, 5.41) is 3.54.